The van der Waals surface area contributed by atoms with E-state index in [0.29, 0.717) is 39.7 Å². The van der Waals surface area contributed by atoms with Crippen molar-refractivity contribution < 1.29 is 4.79 Å². The Kier molecular flexibility index (Phi) is 5.26. The molecule has 1 aromatic carbocycles. The Bertz CT molecular complexity index is 906. The summed E-state index contributed by atoms with van der Waals surface area (Å²) in [7, 11) is 0. The summed E-state index contributed by atoms with van der Waals surface area (Å²) >= 11 is 1.39. The summed E-state index contributed by atoms with van der Waals surface area (Å²) in [4.78, 5) is 30.3. The number of nitrogens with zero attached hydrogens (tertiary/aromatic N) is 2. The summed E-state index contributed by atoms with van der Waals surface area (Å²) in [6.45, 7) is 4.51. The SMILES string of the molecule is C[C@H]1[C@H](n2c(SCC(=O)NC3CC3)nc3ccccc3c2=O)CCC[C@@H]1C. The highest BCUT2D eigenvalue weighted by atomic mass is 32.2. The first kappa shape index (κ1) is 18.5. The average molecular weight is 386 g/mol. The van der Waals surface area contributed by atoms with Gasteiger partial charge in [-0.1, -0.05) is 50.6 Å². The fourth-order valence-corrected chi connectivity index (χ4v) is 4.93. The predicted octanol–water partition coefficient (Wildman–Crippen LogP) is 3.76. The Morgan fingerprint density at radius 2 is 2.00 bits per heavy atom. The molecule has 1 aromatic heterocycles. The third kappa shape index (κ3) is 3.91. The first-order valence-electron chi connectivity index (χ1n) is 9.98. The molecule has 0 unspecified atom stereocenters. The van der Waals surface area contributed by atoms with Crippen LogP contribution in [0.4, 0.5) is 0 Å². The molecular formula is C21H27N3O2S. The number of aromatic nitrogens is 2. The maximum atomic E-state index is 13.3. The number of carbonyl (C=O) groups excluding carboxylic acids is 1. The van der Waals surface area contributed by atoms with E-state index in [0.717, 1.165) is 25.7 Å². The van der Waals surface area contributed by atoms with Gasteiger partial charge in [-0.15, -0.1) is 0 Å². The van der Waals surface area contributed by atoms with Crippen molar-refractivity contribution in [3.8, 4) is 0 Å². The number of benzene rings is 1. The van der Waals surface area contributed by atoms with Crippen LogP contribution in [0, 0.1) is 11.8 Å². The minimum Gasteiger partial charge on any atom is -0.353 e. The van der Waals surface area contributed by atoms with Crippen LogP contribution in [0.5, 0.6) is 0 Å². The molecule has 2 aliphatic carbocycles. The highest BCUT2D eigenvalue weighted by Gasteiger charge is 2.31. The first-order valence-corrected chi connectivity index (χ1v) is 11.0. The van der Waals surface area contributed by atoms with Crippen LogP contribution in [0.2, 0.25) is 0 Å². The maximum absolute atomic E-state index is 13.3. The number of fused-ring (bicyclic) bond motifs is 1. The number of hydrogen-bond acceptors (Lipinski definition) is 4. The van der Waals surface area contributed by atoms with E-state index in [1.807, 2.05) is 28.8 Å². The third-order valence-electron chi connectivity index (χ3n) is 6.05. The van der Waals surface area contributed by atoms with Crippen LogP contribution < -0.4 is 10.9 Å². The molecule has 0 bridgehead atoms. The van der Waals surface area contributed by atoms with Gasteiger partial charge in [-0.25, -0.2) is 4.98 Å². The molecule has 3 atom stereocenters. The van der Waals surface area contributed by atoms with Gasteiger partial charge in [0.25, 0.3) is 5.56 Å². The number of para-hydroxylation sites is 1. The van der Waals surface area contributed by atoms with Gasteiger partial charge in [0.1, 0.15) is 0 Å². The second-order valence-electron chi connectivity index (χ2n) is 8.05. The molecule has 4 rings (SSSR count). The van der Waals surface area contributed by atoms with Crippen LogP contribution in [0.25, 0.3) is 10.9 Å². The molecule has 0 aliphatic heterocycles. The van der Waals surface area contributed by atoms with Crippen molar-refractivity contribution in [2.24, 2.45) is 11.8 Å². The Balaban J connectivity index is 1.70. The molecule has 27 heavy (non-hydrogen) atoms. The van der Waals surface area contributed by atoms with E-state index in [-0.39, 0.29) is 17.5 Å². The van der Waals surface area contributed by atoms with Gasteiger partial charge in [-0.3, -0.25) is 14.2 Å². The van der Waals surface area contributed by atoms with Crippen LogP contribution in [-0.4, -0.2) is 27.3 Å². The maximum Gasteiger partial charge on any atom is 0.262 e. The monoisotopic (exact) mass is 385 g/mol. The van der Waals surface area contributed by atoms with E-state index < -0.39 is 0 Å². The second-order valence-corrected chi connectivity index (χ2v) is 8.99. The predicted molar refractivity (Wildman–Crippen MR) is 109 cm³/mol. The molecule has 6 heteroatoms. The number of amides is 1. The van der Waals surface area contributed by atoms with Gasteiger partial charge in [-0.05, 0) is 43.2 Å². The molecule has 2 fully saturated rings. The summed E-state index contributed by atoms with van der Waals surface area (Å²) in [6, 6.07) is 8.02. The van der Waals surface area contributed by atoms with Crippen molar-refractivity contribution in [3.05, 3.63) is 34.6 Å². The highest BCUT2D eigenvalue weighted by molar-refractivity contribution is 7.99. The van der Waals surface area contributed by atoms with Crippen molar-refractivity contribution >= 4 is 28.6 Å². The summed E-state index contributed by atoms with van der Waals surface area (Å²) in [6.07, 6.45) is 5.48. The zero-order valence-corrected chi connectivity index (χ0v) is 16.8. The normalized spacial score (nSPS) is 25.5. The Morgan fingerprint density at radius 3 is 2.78 bits per heavy atom. The Labute approximate surface area is 163 Å². The van der Waals surface area contributed by atoms with E-state index >= 15 is 0 Å². The largest absolute Gasteiger partial charge is 0.353 e. The molecule has 1 heterocycles. The lowest BCUT2D eigenvalue weighted by molar-refractivity contribution is -0.118. The lowest BCUT2D eigenvalue weighted by Gasteiger charge is -2.36. The molecule has 0 saturated heterocycles. The van der Waals surface area contributed by atoms with Crippen LogP contribution >= 0.6 is 11.8 Å². The molecule has 5 nitrogen and oxygen atoms in total. The van der Waals surface area contributed by atoms with Crippen LogP contribution in [-0.2, 0) is 4.79 Å². The van der Waals surface area contributed by atoms with Gasteiger partial charge in [0.05, 0.1) is 16.7 Å². The number of carbonyl (C=O) groups is 1. The molecule has 0 radical (unpaired) electrons. The minimum absolute atomic E-state index is 0.0247. The van der Waals surface area contributed by atoms with Gasteiger partial charge in [0, 0.05) is 12.1 Å². The number of nitrogens with one attached hydrogen (secondary N) is 1. The van der Waals surface area contributed by atoms with Gasteiger partial charge < -0.3 is 5.32 Å². The molecule has 1 N–H and O–H groups in total. The van der Waals surface area contributed by atoms with Gasteiger partial charge in [0.2, 0.25) is 5.91 Å². The quantitative estimate of drug-likeness (QED) is 0.629. The zero-order chi connectivity index (χ0) is 19.0. The number of thioether (sulfide) groups is 1. The Hall–Kier alpha value is -1.82. The van der Waals surface area contributed by atoms with Gasteiger partial charge in [0.15, 0.2) is 5.16 Å². The standard InChI is InChI=1S/C21H27N3O2S/c1-13-6-5-9-18(14(13)2)24-20(26)16-7-3-4-8-17(16)23-21(24)27-12-19(25)22-15-10-11-15/h3-4,7-8,13-15,18H,5-6,9-12H2,1-2H3,(H,22,25)/t13-,14+,18+/m0/s1. The fraction of sp³-hybridized carbons (Fsp3) is 0.571. The van der Waals surface area contributed by atoms with Crippen molar-refractivity contribution in [3.63, 3.8) is 0 Å². The molecular weight excluding hydrogens is 358 g/mol. The third-order valence-corrected chi connectivity index (χ3v) is 7.00. The fourth-order valence-electron chi connectivity index (χ4n) is 4.07. The van der Waals surface area contributed by atoms with Crippen molar-refractivity contribution in [2.75, 3.05) is 5.75 Å². The smallest absolute Gasteiger partial charge is 0.262 e. The van der Waals surface area contributed by atoms with Crippen molar-refractivity contribution in [1.29, 1.82) is 0 Å². The highest BCUT2D eigenvalue weighted by Crippen LogP contribution is 2.38. The Morgan fingerprint density at radius 1 is 1.22 bits per heavy atom. The molecule has 2 aliphatic rings. The summed E-state index contributed by atoms with van der Waals surface area (Å²) in [5, 5.41) is 4.35. The van der Waals surface area contributed by atoms with E-state index in [4.69, 9.17) is 4.98 Å². The summed E-state index contributed by atoms with van der Waals surface area (Å²) < 4.78 is 1.89. The van der Waals surface area contributed by atoms with Crippen molar-refractivity contribution in [1.82, 2.24) is 14.9 Å². The molecule has 1 amide bonds. The lowest BCUT2D eigenvalue weighted by atomic mass is 9.78. The van der Waals surface area contributed by atoms with Crippen LogP contribution in [0.15, 0.2) is 34.2 Å². The molecule has 2 aromatic rings. The molecule has 0 spiro atoms. The van der Waals surface area contributed by atoms with E-state index in [1.165, 1.54) is 18.2 Å². The number of hydrogen-bond donors (Lipinski definition) is 1. The van der Waals surface area contributed by atoms with E-state index in [2.05, 4.69) is 19.2 Å². The zero-order valence-electron chi connectivity index (χ0n) is 16.0. The van der Waals surface area contributed by atoms with Crippen LogP contribution in [0.3, 0.4) is 0 Å². The average Bonchev–Trinajstić information content (AvgIpc) is 3.47. The van der Waals surface area contributed by atoms with Gasteiger partial charge in [-0.2, -0.15) is 0 Å². The van der Waals surface area contributed by atoms with Crippen molar-refractivity contribution in [2.45, 2.75) is 63.2 Å². The molecule has 144 valence electrons. The summed E-state index contributed by atoms with van der Waals surface area (Å²) in [5.74, 6) is 1.33. The molecule has 2 saturated carbocycles. The topological polar surface area (TPSA) is 64.0 Å². The van der Waals surface area contributed by atoms with E-state index in [9.17, 15) is 9.59 Å². The second kappa shape index (κ2) is 7.66. The summed E-state index contributed by atoms with van der Waals surface area (Å²) in [5.41, 5.74) is 0.733. The van der Waals surface area contributed by atoms with E-state index in [1.54, 1.807) is 0 Å². The lowest BCUT2D eigenvalue weighted by Crippen LogP contribution is -2.35. The minimum atomic E-state index is 0.0247. The first-order chi connectivity index (χ1) is 13.0. The number of rotatable bonds is 5. The van der Waals surface area contributed by atoms with Crippen LogP contribution in [0.1, 0.15) is 52.0 Å². The van der Waals surface area contributed by atoms with Gasteiger partial charge >= 0.3 is 0 Å².